The van der Waals surface area contributed by atoms with Gasteiger partial charge in [0.2, 0.25) is 0 Å². The quantitative estimate of drug-likeness (QED) is 0.814. The lowest BCUT2D eigenvalue weighted by molar-refractivity contribution is 0.0472. The van der Waals surface area contributed by atoms with E-state index in [4.69, 9.17) is 0 Å². The maximum absolute atomic E-state index is 12.5. The molecule has 0 atom stereocenters. The monoisotopic (exact) mass is 264 g/mol. The van der Waals surface area contributed by atoms with E-state index in [1.54, 1.807) is 11.9 Å². The van der Waals surface area contributed by atoms with E-state index in [0.29, 0.717) is 5.56 Å². The molecule has 0 aliphatic heterocycles. The van der Waals surface area contributed by atoms with Gasteiger partial charge < -0.3 is 15.3 Å². The van der Waals surface area contributed by atoms with Crippen LogP contribution in [0, 0.1) is 0 Å². The Morgan fingerprint density at radius 2 is 2.00 bits per heavy atom. The molecule has 0 spiro atoms. The Kier molecular flexibility index (Phi) is 5.51. The van der Waals surface area contributed by atoms with E-state index in [9.17, 15) is 9.90 Å². The molecule has 0 heterocycles. The van der Waals surface area contributed by atoms with Crippen LogP contribution in [-0.4, -0.2) is 48.7 Å². The van der Waals surface area contributed by atoms with Crippen LogP contribution in [0.25, 0.3) is 0 Å². The maximum atomic E-state index is 12.5. The minimum absolute atomic E-state index is 0.0502. The summed E-state index contributed by atoms with van der Waals surface area (Å²) in [6.45, 7) is 4.47. The first-order valence-electron chi connectivity index (χ1n) is 6.55. The number of carbonyl (C=O) groups excluding carboxylic acids is 1. The molecular formula is C15H24N2O2. The van der Waals surface area contributed by atoms with Crippen LogP contribution < -0.4 is 5.32 Å². The third kappa shape index (κ3) is 3.78. The second-order valence-corrected chi connectivity index (χ2v) is 5.35. The van der Waals surface area contributed by atoms with Gasteiger partial charge >= 0.3 is 0 Å². The molecule has 1 rings (SSSR count). The standard InChI is InChI=1S/C15H24N2O2/c1-15(2,11-18)17(4)14(19)13-8-6-5-7-12(13)9-10-16-3/h5-8,16,18H,9-11H2,1-4H3. The van der Waals surface area contributed by atoms with Gasteiger partial charge in [0, 0.05) is 12.6 Å². The predicted molar refractivity (Wildman–Crippen MR) is 77.3 cm³/mol. The molecule has 0 fully saturated rings. The van der Waals surface area contributed by atoms with E-state index in [1.165, 1.54) is 0 Å². The Morgan fingerprint density at radius 3 is 2.58 bits per heavy atom. The van der Waals surface area contributed by atoms with Crippen LogP contribution in [0.15, 0.2) is 24.3 Å². The zero-order valence-electron chi connectivity index (χ0n) is 12.2. The van der Waals surface area contributed by atoms with Gasteiger partial charge in [0.1, 0.15) is 0 Å². The smallest absolute Gasteiger partial charge is 0.254 e. The average molecular weight is 264 g/mol. The molecule has 0 aromatic heterocycles. The largest absolute Gasteiger partial charge is 0.394 e. The van der Waals surface area contributed by atoms with Crippen LogP contribution in [-0.2, 0) is 6.42 Å². The van der Waals surface area contributed by atoms with Crippen molar-refractivity contribution < 1.29 is 9.90 Å². The number of nitrogens with zero attached hydrogens (tertiary/aromatic N) is 1. The second-order valence-electron chi connectivity index (χ2n) is 5.35. The van der Waals surface area contributed by atoms with E-state index in [1.807, 2.05) is 45.2 Å². The topological polar surface area (TPSA) is 52.6 Å². The molecule has 0 saturated heterocycles. The summed E-state index contributed by atoms with van der Waals surface area (Å²) in [6, 6.07) is 7.64. The number of hydrogen-bond donors (Lipinski definition) is 2. The minimum atomic E-state index is -0.562. The van der Waals surface area contributed by atoms with Crippen LogP contribution in [0.2, 0.25) is 0 Å². The zero-order chi connectivity index (χ0) is 14.5. The number of rotatable bonds is 6. The molecule has 19 heavy (non-hydrogen) atoms. The first-order chi connectivity index (χ1) is 8.94. The summed E-state index contributed by atoms with van der Waals surface area (Å²) in [5, 5.41) is 12.5. The second kappa shape index (κ2) is 6.68. The molecular weight excluding hydrogens is 240 g/mol. The molecule has 0 bridgehead atoms. The van der Waals surface area contributed by atoms with Crippen molar-refractivity contribution in [2.75, 3.05) is 27.2 Å². The normalized spacial score (nSPS) is 11.4. The van der Waals surface area contributed by atoms with Crippen molar-refractivity contribution in [3.05, 3.63) is 35.4 Å². The lowest BCUT2D eigenvalue weighted by Gasteiger charge is -2.34. The van der Waals surface area contributed by atoms with Gasteiger partial charge in [-0.25, -0.2) is 0 Å². The van der Waals surface area contributed by atoms with Gasteiger partial charge in [-0.2, -0.15) is 0 Å². The van der Waals surface area contributed by atoms with Gasteiger partial charge in [-0.15, -0.1) is 0 Å². The molecule has 0 aliphatic rings. The lowest BCUT2D eigenvalue weighted by Crippen LogP contribution is -2.47. The van der Waals surface area contributed by atoms with Crippen molar-refractivity contribution in [2.45, 2.75) is 25.8 Å². The summed E-state index contributed by atoms with van der Waals surface area (Å²) in [7, 11) is 3.62. The molecule has 1 amide bonds. The summed E-state index contributed by atoms with van der Waals surface area (Å²) in [4.78, 5) is 14.1. The van der Waals surface area contributed by atoms with E-state index in [2.05, 4.69) is 5.32 Å². The Balaban J connectivity index is 2.99. The summed E-state index contributed by atoms with van der Waals surface area (Å²) >= 11 is 0. The van der Waals surface area contributed by atoms with E-state index < -0.39 is 5.54 Å². The molecule has 1 aromatic rings. The Morgan fingerprint density at radius 1 is 1.37 bits per heavy atom. The number of hydrogen-bond acceptors (Lipinski definition) is 3. The number of amides is 1. The van der Waals surface area contributed by atoms with Crippen LogP contribution in [0.5, 0.6) is 0 Å². The van der Waals surface area contributed by atoms with E-state index in [0.717, 1.165) is 18.5 Å². The highest BCUT2D eigenvalue weighted by Gasteiger charge is 2.28. The van der Waals surface area contributed by atoms with Crippen LogP contribution in [0.3, 0.4) is 0 Å². The lowest BCUT2D eigenvalue weighted by atomic mass is 9.99. The molecule has 1 aromatic carbocycles. The molecule has 4 nitrogen and oxygen atoms in total. The highest BCUT2D eigenvalue weighted by Crippen LogP contribution is 2.18. The molecule has 0 aliphatic carbocycles. The molecule has 0 saturated carbocycles. The highest BCUT2D eigenvalue weighted by molar-refractivity contribution is 5.96. The summed E-state index contributed by atoms with van der Waals surface area (Å²) in [6.07, 6.45) is 0.811. The van der Waals surface area contributed by atoms with Crippen molar-refractivity contribution in [3.8, 4) is 0 Å². The third-order valence-corrected chi connectivity index (χ3v) is 3.49. The number of carbonyl (C=O) groups is 1. The van der Waals surface area contributed by atoms with Crippen molar-refractivity contribution in [1.29, 1.82) is 0 Å². The van der Waals surface area contributed by atoms with Crippen LogP contribution in [0.4, 0.5) is 0 Å². The van der Waals surface area contributed by atoms with Gasteiger partial charge in [-0.3, -0.25) is 4.79 Å². The minimum Gasteiger partial charge on any atom is -0.394 e. The molecule has 4 heteroatoms. The fourth-order valence-corrected chi connectivity index (χ4v) is 1.77. The summed E-state index contributed by atoms with van der Waals surface area (Å²) < 4.78 is 0. The predicted octanol–water partition coefficient (Wildman–Crippen LogP) is 1.29. The summed E-state index contributed by atoms with van der Waals surface area (Å²) in [5.74, 6) is -0.0502. The van der Waals surface area contributed by atoms with Crippen molar-refractivity contribution in [1.82, 2.24) is 10.2 Å². The molecule has 106 valence electrons. The Labute approximate surface area is 115 Å². The molecule has 0 unspecified atom stereocenters. The highest BCUT2D eigenvalue weighted by atomic mass is 16.3. The zero-order valence-corrected chi connectivity index (χ0v) is 12.2. The van der Waals surface area contributed by atoms with Crippen molar-refractivity contribution >= 4 is 5.91 Å². The van der Waals surface area contributed by atoms with Gasteiger partial charge in [0.15, 0.2) is 0 Å². The molecule has 2 N–H and O–H groups in total. The Bertz CT molecular complexity index is 430. The summed E-state index contributed by atoms with van der Waals surface area (Å²) in [5.41, 5.74) is 1.18. The van der Waals surface area contributed by atoms with Gasteiger partial charge in [0.25, 0.3) is 5.91 Å². The van der Waals surface area contributed by atoms with Crippen molar-refractivity contribution in [3.63, 3.8) is 0 Å². The molecule has 0 radical (unpaired) electrons. The van der Waals surface area contributed by atoms with Gasteiger partial charge in [-0.1, -0.05) is 18.2 Å². The first-order valence-corrected chi connectivity index (χ1v) is 6.55. The fraction of sp³-hybridized carbons (Fsp3) is 0.533. The van der Waals surface area contributed by atoms with E-state index in [-0.39, 0.29) is 12.5 Å². The maximum Gasteiger partial charge on any atom is 0.254 e. The van der Waals surface area contributed by atoms with Gasteiger partial charge in [0.05, 0.1) is 12.1 Å². The number of nitrogens with one attached hydrogen (secondary N) is 1. The van der Waals surface area contributed by atoms with Crippen LogP contribution >= 0.6 is 0 Å². The fourth-order valence-electron chi connectivity index (χ4n) is 1.77. The van der Waals surface area contributed by atoms with Gasteiger partial charge in [-0.05, 0) is 45.5 Å². The number of benzene rings is 1. The number of likely N-dealkylation sites (N-methyl/N-ethyl adjacent to an activating group) is 2. The first kappa shape index (κ1) is 15.7. The Hall–Kier alpha value is -1.39. The average Bonchev–Trinajstić information content (AvgIpc) is 2.43. The third-order valence-electron chi connectivity index (χ3n) is 3.49. The number of aliphatic hydroxyl groups is 1. The van der Waals surface area contributed by atoms with Crippen molar-refractivity contribution in [2.24, 2.45) is 0 Å². The number of aliphatic hydroxyl groups excluding tert-OH is 1. The van der Waals surface area contributed by atoms with Crippen LogP contribution in [0.1, 0.15) is 29.8 Å². The van der Waals surface area contributed by atoms with E-state index >= 15 is 0 Å². The SMILES string of the molecule is CNCCc1ccccc1C(=O)N(C)C(C)(C)CO.